The van der Waals surface area contributed by atoms with Crippen LogP contribution in [0.15, 0.2) is 10.3 Å². The number of thiazole rings is 1. The van der Waals surface area contributed by atoms with Crippen LogP contribution >= 0.6 is 45.9 Å². The Labute approximate surface area is 162 Å². The number of halogens is 2. The summed E-state index contributed by atoms with van der Waals surface area (Å²) in [7, 11) is -7.35. The normalized spacial score (nSPS) is 18.2. The van der Waals surface area contributed by atoms with Crippen LogP contribution in [0.3, 0.4) is 0 Å². The molecule has 0 saturated carbocycles. The number of rotatable bonds is 4. The molecule has 0 amide bonds. The summed E-state index contributed by atoms with van der Waals surface area (Å²) in [5.41, 5.74) is 0.289. The van der Waals surface area contributed by atoms with Crippen LogP contribution in [0.2, 0.25) is 9.36 Å². The fraction of sp³-hybridized carbons (Fsp3) is 0.333. The number of hydrogen-bond donors (Lipinski definition) is 1. The van der Waals surface area contributed by atoms with Gasteiger partial charge in [0.25, 0.3) is 10.0 Å². The van der Waals surface area contributed by atoms with Gasteiger partial charge in [-0.15, -0.1) is 11.3 Å². The van der Waals surface area contributed by atoms with E-state index >= 15 is 0 Å². The molecule has 1 aliphatic rings. The van der Waals surface area contributed by atoms with Crippen molar-refractivity contribution >= 4 is 76.7 Å². The third-order valence-electron chi connectivity index (χ3n) is 3.50. The fourth-order valence-corrected chi connectivity index (χ4v) is 7.24. The van der Waals surface area contributed by atoms with E-state index < -0.39 is 25.1 Å². The standard InChI is InChI=1S/C12H10Cl2N2O5S4/c1-24(18,19)5-2-7-10(8(17)3-5)23-12(15-7)16-25(20,21)9-4-6(13)11(14)22-9/h4-5H,2-3H2,1H3,(H,15,16). The number of sulfone groups is 1. The zero-order chi connectivity index (χ0) is 18.6. The van der Waals surface area contributed by atoms with Gasteiger partial charge in [0.15, 0.2) is 20.8 Å². The third kappa shape index (κ3) is 3.86. The van der Waals surface area contributed by atoms with E-state index in [-0.39, 0.29) is 47.9 Å². The van der Waals surface area contributed by atoms with Crippen LogP contribution in [0.25, 0.3) is 0 Å². The molecule has 3 rings (SSSR count). The molecule has 7 nitrogen and oxygen atoms in total. The van der Waals surface area contributed by atoms with E-state index in [4.69, 9.17) is 23.2 Å². The van der Waals surface area contributed by atoms with Crippen LogP contribution in [-0.4, -0.2) is 39.1 Å². The first-order valence-corrected chi connectivity index (χ1v) is 12.5. The van der Waals surface area contributed by atoms with E-state index in [2.05, 4.69) is 9.71 Å². The highest BCUT2D eigenvalue weighted by Crippen LogP contribution is 2.37. The van der Waals surface area contributed by atoms with E-state index in [0.29, 0.717) is 0 Å². The lowest BCUT2D eigenvalue weighted by atomic mass is 10.0. The first-order valence-electron chi connectivity index (χ1n) is 6.67. The second-order valence-electron chi connectivity index (χ2n) is 5.37. The van der Waals surface area contributed by atoms with Crippen molar-refractivity contribution in [2.75, 3.05) is 11.0 Å². The lowest BCUT2D eigenvalue weighted by Crippen LogP contribution is -2.30. The number of thiophene rings is 1. The molecule has 0 spiro atoms. The molecule has 13 heteroatoms. The van der Waals surface area contributed by atoms with Crippen molar-refractivity contribution in [2.45, 2.75) is 22.3 Å². The van der Waals surface area contributed by atoms with Crippen LogP contribution in [-0.2, 0) is 26.3 Å². The number of nitrogens with one attached hydrogen (secondary N) is 1. The Morgan fingerprint density at radius 2 is 1.88 bits per heavy atom. The minimum absolute atomic E-state index is 0.00635. The predicted octanol–water partition coefficient (Wildman–Crippen LogP) is 2.85. The van der Waals surface area contributed by atoms with E-state index in [1.807, 2.05) is 0 Å². The molecule has 2 aromatic rings. The molecule has 0 fully saturated rings. The summed E-state index contributed by atoms with van der Waals surface area (Å²) < 4.78 is 50.4. The van der Waals surface area contributed by atoms with Gasteiger partial charge in [0.05, 0.1) is 20.8 Å². The number of Topliss-reactive ketones (excluding diaryl/α,β-unsaturated/α-hetero) is 1. The van der Waals surface area contributed by atoms with Gasteiger partial charge in [0.1, 0.15) is 8.55 Å². The molecular weight excluding hydrogens is 451 g/mol. The quantitative estimate of drug-likeness (QED) is 0.750. The molecule has 0 aromatic carbocycles. The molecule has 0 bridgehead atoms. The van der Waals surface area contributed by atoms with Crippen molar-refractivity contribution in [3.63, 3.8) is 0 Å². The molecule has 0 aliphatic heterocycles. The highest BCUT2D eigenvalue weighted by Gasteiger charge is 2.35. The summed E-state index contributed by atoms with van der Waals surface area (Å²) in [6, 6.07) is 1.22. The van der Waals surface area contributed by atoms with Gasteiger partial charge in [-0.2, -0.15) is 0 Å². The molecule has 136 valence electrons. The first kappa shape index (κ1) is 19.1. The van der Waals surface area contributed by atoms with Crippen LogP contribution in [0.1, 0.15) is 21.8 Å². The number of hydrogen-bond acceptors (Lipinski definition) is 8. The summed E-state index contributed by atoms with van der Waals surface area (Å²) >= 11 is 13.2. The maximum absolute atomic E-state index is 12.4. The van der Waals surface area contributed by atoms with Gasteiger partial charge in [0, 0.05) is 19.1 Å². The molecule has 2 heterocycles. The summed E-state index contributed by atoms with van der Waals surface area (Å²) in [6.07, 6.45) is 1.02. The topological polar surface area (TPSA) is 110 Å². The lowest BCUT2D eigenvalue weighted by molar-refractivity contribution is 0.0977. The number of carbonyl (C=O) groups is 1. The van der Waals surface area contributed by atoms with Crippen molar-refractivity contribution < 1.29 is 21.6 Å². The van der Waals surface area contributed by atoms with Crippen molar-refractivity contribution in [3.05, 3.63) is 26.0 Å². The number of nitrogens with zero attached hydrogens (tertiary/aromatic N) is 1. The fourth-order valence-electron chi connectivity index (χ4n) is 2.27. The highest BCUT2D eigenvalue weighted by atomic mass is 35.5. The number of aromatic nitrogens is 1. The largest absolute Gasteiger partial charge is 0.293 e. The molecular formula is C12H10Cl2N2O5S4. The van der Waals surface area contributed by atoms with Crippen LogP contribution in [0, 0.1) is 0 Å². The van der Waals surface area contributed by atoms with E-state index in [0.717, 1.165) is 28.9 Å². The maximum atomic E-state index is 12.4. The Morgan fingerprint density at radius 3 is 2.44 bits per heavy atom. The van der Waals surface area contributed by atoms with Crippen molar-refractivity contribution in [1.29, 1.82) is 0 Å². The van der Waals surface area contributed by atoms with E-state index in [1.54, 1.807) is 0 Å². The minimum Gasteiger partial charge on any atom is -0.293 e. The molecule has 1 aliphatic carbocycles. The Balaban J connectivity index is 1.90. The van der Waals surface area contributed by atoms with E-state index in [9.17, 15) is 21.6 Å². The van der Waals surface area contributed by atoms with Gasteiger partial charge in [-0.3, -0.25) is 9.52 Å². The maximum Gasteiger partial charge on any atom is 0.273 e. The SMILES string of the molecule is CS(=O)(=O)C1CC(=O)c2sc(NS(=O)(=O)c3cc(Cl)c(Cl)s3)nc2C1. The number of fused-ring (bicyclic) bond motifs is 1. The zero-order valence-electron chi connectivity index (χ0n) is 12.4. The highest BCUT2D eigenvalue weighted by molar-refractivity contribution is 7.95. The number of anilines is 1. The first-order chi connectivity index (χ1) is 11.5. The van der Waals surface area contributed by atoms with Gasteiger partial charge in [-0.1, -0.05) is 34.5 Å². The zero-order valence-corrected chi connectivity index (χ0v) is 17.2. The van der Waals surface area contributed by atoms with Gasteiger partial charge >= 0.3 is 0 Å². The van der Waals surface area contributed by atoms with Crippen molar-refractivity contribution in [3.8, 4) is 0 Å². The second-order valence-corrected chi connectivity index (χ2v) is 12.7. The molecule has 1 unspecified atom stereocenters. The van der Waals surface area contributed by atoms with Gasteiger partial charge < -0.3 is 0 Å². The average Bonchev–Trinajstić information content (AvgIpc) is 3.02. The molecule has 0 radical (unpaired) electrons. The number of sulfonamides is 1. The average molecular weight is 461 g/mol. The molecule has 25 heavy (non-hydrogen) atoms. The summed E-state index contributed by atoms with van der Waals surface area (Å²) in [4.78, 5) is 16.5. The smallest absolute Gasteiger partial charge is 0.273 e. The van der Waals surface area contributed by atoms with E-state index in [1.165, 1.54) is 6.07 Å². The van der Waals surface area contributed by atoms with Crippen LogP contribution < -0.4 is 4.72 Å². The Bertz CT molecular complexity index is 1050. The number of carbonyl (C=O) groups excluding carboxylic acids is 1. The van der Waals surface area contributed by atoms with Crippen molar-refractivity contribution in [1.82, 2.24) is 4.98 Å². The van der Waals surface area contributed by atoms with Gasteiger partial charge in [-0.05, 0) is 6.07 Å². The summed E-state index contributed by atoms with van der Waals surface area (Å²) in [5.74, 6) is -0.359. The minimum atomic E-state index is -3.96. The van der Waals surface area contributed by atoms with Gasteiger partial charge in [0.2, 0.25) is 0 Å². The summed E-state index contributed by atoms with van der Waals surface area (Å²) in [5, 5.41) is -0.723. The van der Waals surface area contributed by atoms with Crippen LogP contribution in [0.5, 0.6) is 0 Å². The third-order valence-corrected chi connectivity index (χ3v) is 9.90. The monoisotopic (exact) mass is 460 g/mol. The molecule has 0 saturated heterocycles. The molecule has 2 aromatic heterocycles. The Morgan fingerprint density at radius 1 is 1.20 bits per heavy atom. The van der Waals surface area contributed by atoms with Gasteiger partial charge in [-0.25, -0.2) is 21.8 Å². The van der Waals surface area contributed by atoms with Crippen molar-refractivity contribution in [2.24, 2.45) is 0 Å². The molecule has 1 N–H and O–H groups in total. The Hall–Kier alpha value is -0.720. The number of ketones is 1. The lowest BCUT2D eigenvalue weighted by Gasteiger charge is -2.17. The summed E-state index contributed by atoms with van der Waals surface area (Å²) in [6.45, 7) is 0. The predicted molar refractivity (Wildman–Crippen MR) is 98.5 cm³/mol. The second kappa shape index (κ2) is 6.46. The molecule has 1 atom stereocenters. The Kier molecular flexibility index (Phi) is 4.93. The van der Waals surface area contributed by atoms with Crippen LogP contribution in [0.4, 0.5) is 5.13 Å².